The smallest absolute Gasteiger partial charge is 0.221 e. The standard InChI is InChI=1S/C20H21BrN4O2/c1-13-22-20(25-24-13)19(15-6-4-3-5-7-15)23-18(26)11-9-14-8-10-17(27-2)16(21)12-14/h3-8,10,12,19H,9,11H2,1-2H3,(H,23,26)(H,22,24,25)/t19-/m1/s1. The van der Waals surface area contributed by atoms with Gasteiger partial charge in [-0.05, 0) is 52.5 Å². The number of benzene rings is 2. The van der Waals surface area contributed by atoms with Gasteiger partial charge in [-0.25, -0.2) is 4.98 Å². The Balaban J connectivity index is 1.69. The van der Waals surface area contributed by atoms with Gasteiger partial charge in [-0.15, -0.1) is 0 Å². The molecule has 0 aliphatic rings. The largest absolute Gasteiger partial charge is 0.496 e. The number of halogens is 1. The maximum Gasteiger partial charge on any atom is 0.221 e. The lowest BCUT2D eigenvalue weighted by molar-refractivity contribution is -0.121. The van der Waals surface area contributed by atoms with Crippen LogP contribution in [0.1, 0.15) is 35.2 Å². The number of aromatic amines is 1. The van der Waals surface area contributed by atoms with Gasteiger partial charge < -0.3 is 10.1 Å². The number of hydrogen-bond acceptors (Lipinski definition) is 4. The summed E-state index contributed by atoms with van der Waals surface area (Å²) in [4.78, 5) is 17.0. The van der Waals surface area contributed by atoms with Crippen molar-refractivity contribution in [1.29, 1.82) is 0 Å². The number of aryl methyl sites for hydroxylation is 2. The predicted octanol–water partition coefficient (Wildman–Crippen LogP) is 3.72. The number of carbonyl (C=O) groups excluding carboxylic acids is 1. The number of hydrogen-bond donors (Lipinski definition) is 2. The van der Waals surface area contributed by atoms with E-state index in [0.29, 0.717) is 24.5 Å². The minimum absolute atomic E-state index is 0.0572. The summed E-state index contributed by atoms with van der Waals surface area (Å²) in [7, 11) is 1.63. The first kappa shape index (κ1) is 19.1. The van der Waals surface area contributed by atoms with E-state index in [1.165, 1.54) is 0 Å². The van der Waals surface area contributed by atoms with Gasteiger partial charge in [-0.2, -0.15) is 5.10 Å². The summed E-state index contributed by atoms with van der Waals surface area (Å²) in [6.45, 7) is 1.84. The Bertz CT molecular complexity index is 911. The number of nitrogens with one attached hydrogen (secondary N) is 2. The number of ether oxygens (including phenoxy) is 1. The van der Waals surface area contributed by atoms with Crippen LogP contribution in [0.2, 0.25) is 0 Å². The average molecular weight is 429 g/mol. The molecule has 1 atom stereocenters. The highest BCUT2D eigenvalue weighted by Crippen LogP contribution is 2.26. The van der Waals surface area contributed by atoms with Crippen LogP contribution in [0.25, 0.3) is 0 Å². The molecule has 0 bridgehead atoms. The van der Waals surface area contributed by atoms with Crippen LogP contribution in [0.15, 0.2) is 53.0 Å². The van der Waals surface area contributed by atoms with Gasteiger partial charge in [0.15, 0.2) is 5.82 Å². The molecule has 0 fully saturated rings. The molecule has 140 valence electrons. The first-order valence-electron chi connectivity index (χ1n) is 8.62. The lowest BCUT2D eigenvalue weighted by Gasteiger charge is -2.16. The van der Waals surface area contributed by atoms with Crippen LogP contribution in [0.4, 0.5) is 0 Å². The molecule has 0 unspecified atom stereocenters. The highest BCUT2D eigenvalue weighted by Gasteiger charge is 2.20. The van der Waals surface area contributed by atoms with Crippen LogP contribution in [-0.2, 0) is 11.2 Å². The molecule has 0 aliphatic heterocycles. The molecule has 2 N–H and O–H groups in total. The molecule has 2 aromatic carbocycles. The fourth-order valence-electron chi connectivity index (χ4n) is 2.79. The van der Waals surface area contributed by atoms with Gasteiger partial charge in [0.05, 0.1) is 11.6 Å². The summed E-state index contributed by atoms with van der Waals surface area (Å²) in [5, 5.41) is 10.1. The molecule has 6 nitrogen and oxygen atoms in total. The molecule has 1 aromatic heterocycles. The number of methoxy groups -OCH3 is 1. The Morgan fingerprint density at radius 2 is 2.04 bits per heavy atom. The summed E-state index contributed by atoms with van der Waals surface area (Å²) >= 11 is 3.47. The molecule has 1 amide bonds. The highest BCUT2D eigenvalue weighted by atomic mass is 79.9. The van der Waals surface area contributed by atoms with E-state index in [1.807, 2.05) is 55.5 Å². The number of rotatable bonds is 7. The van der Waals surface area contributed by atoms with Gasteiger partial charge in [0.1, 0.15) is 17.6 Å². The molecule has 27 heavy (non-hydrogen) atoms. The summed E-state index contributed by atoms with van der Waals surface area (Å²) in [6.07, 6.45) is 0.995. The molecular weight excluding hydrogens is 408 g/mol. The third kappa shape index (κ3) is 4.95. The zero-order chi connectivity index (χ0) is 19.2. The van der Waals surface area contributed by atoms with Crippen molar-refractivity contribution in [2.24, 2.45) is 0 Å². The monoisotopic (exact) mass is 428 g/mol. The topological polar surface area (TPSA) is 79.9 Å². The fourth-order valence-corrected chi connectivity index (χ4v) is 3.38. The maximum atomic E-state index is 12.6. The van der Waals surface area contributed by atoms with Gasteiger partial charge in [0.2, 0.25) is 5.91 Å². The van der Waals surface area contributed by atoms with E-state index in [-0.39, 0.29) is 11.9 Å². The number of nitrogens with zero attached hydrogens (tertiary/aromatic N) is 2. The van der Waals surface area contributed by atoms with E-state index < -0.39 is 0 Å². The zero-order valence-corrected chi connectivity index (χ0v) is 16.8. The minimum atomic E-state index is -0.383. The number of carbonyl (C=O) groups is 1. The van der Waals surface area contributed by atoms with Crippen molar-refractivity contribution in [1.82, 2.24) is 20.5 Å². The Kier molecular flexibility index (Phi) is 6.24. The van der Waals surface area contributed by atoms with Crippen LogP contribution < -0.4 is 10.1 Å². The summed E-state index contributed by atoms with van der Waals surface area (Å²) < 4.78 is 6.11. The molecule has 3 aromatic rings. The van der Waals surface area contributed by atoms with Crippen molar-refractivity contribution in [3.63, 3.8) is 0 Å². The van der Waals surface area contributed by atoms with Crippen molar-refractivity contribution in [3.8, 4) is 5.75 Å². The number of amides is 1. The Hall–Kier alpha value is -2.67. The van der Waals surface area contributed by atoms with E-state index >= 15 is 0 Å². The first-order chi connectivity index (χ1) is 13.1. The van der Waals surface area contributed by atoms with E-state index in [9.17, 15) is 4.79 Å². The van der Waals surface area contributed by atoms with Crippen molar-refractivity contribution >= 4 is 21.8 Å². The molecule has 1 heterocycles. The number of H-pyrrole nitrogens is 1. The molecule has 0 spiro atoms. The van der Waals surface area contributed by atoms with Crippen LogP contribution in [0.5, 0.6) is 5.75 Å². The number of aromatic nitrogens is 3. The van der Waals surface area contributed by atoms with Gasteiger partial charge in [-0.3, -0.25) is 9.89 Å². The van der Waals surface area contributed by atoms with Crippen LogP contribution in [-0.4, -0.2) is 28.2 Å². The first-order valence-corrected chi connectivity index (χ1v) is 9.41. The summed E-state index contributed by atoms with van der Waals surface area (Å²) in [5.41, 5.74) is 2.00. The summed E-state index contributed by atoms with van der Waals surface area (Å²) in [6, 6.07) is 15.2. The second-order valence-corrected chi connectivity index (χ2v) is 7.01. The molecular formula is C20H21BrN4O2. The van der Waals surface area contributed by atoms with Crippen LogP contribution >= 0.6 is 15.9 Å². The Morgan fingerprint density at radius 1 is 1.26 bits per heavy atom. The maximum absolute atomic E-state index is 12.6. The van der Waals surface area contributed by atoms with Crippen molar-refractivity contribution in [3.05, 3.63) is 75.8 Å². The normalized spacial score (nSPS) is 11.8. The van der Waals surface area contributed by atoms with Gasteiger partial charge in [0, 0.05) is 6.42 Å². The Labute approximate surface area is 166 Å². The van der Waals surface area contributed by atoms with Gasteiger partial charge >= 0.3 is 0 Å². The molecule has 0 radical (unpaired) electrons. The molecule has 7 heteroatoms. The van der Waals surface area contributed by atoms with E-state index in [1.54, 1.807) is 7.11 Å². The van der Waals surface area contributed by atoms with E-state index in [4.69, 9.17) is 4.74 Å². The molecule has 3 rings (SSSR count). The molecule has 0 saturated heterocycles. The van der Waals surface area contributed by atoms with E-state index in [2.05, 4.69) is 36.4 Å². The third-order valence-electron chi connectivity index (χ3n) is 4.17. The van der Waals surface area contributed by atoms with Crippen molar-refractivity contribution < 1.29 is 9.53 Å². The second-order valence-electron chi connectivity index (χ2n) is 6.16. The fraction of sp³-hybridized carbons (Fsp3) is 0.250. The zero-order valence-electron chi connectivity index (χ0n) is 15.2. The van der Waals surface area contributed by atoms with E-state index in [0.717, 1.165) is 21.3 Å². The summed E-state index contributed by atoms with van der Waals surface area (Å²) in [5.74, 6) is 1.98. The molecule has 0 aliphatic carbocycles. The quantitative estimate of drug-likeness (QED) is 0.600. The second kappa shape index (κ2) is 8.81. The predicted molar refractivity (Wildman–Crippen MR) is 107 cm³/mol. The van der Waals surface area contributed by atoms with Gasteiger partial charge in [-0.1, -0.05) is 36.4 Å². The lowest BCUT2D eigenvalue weighted by Crippen LogP contribution is -2.30. The van der Waals surface area contributed by atoms with Gasteiger partial charge in [0.25, 0.3) is 0 Å². The van der Waals surface area contributed by atoms with Crippen LogP contribution in [0, 0.1) is 6.92 Å². The Morgan fingerprint density at radius 3 is 2.67 bits per heavy atom. The lowest BCUT2D eigenvalue weighted by atomic mass is 10.1. The average Bonchev–Trinajstić information content (AvgIpc) is 3.11. The highest BCUT2D eigenvalue weighted by molar-refractivity contribution is 9.10. The molecule has 0 saturated carbocycles. The third-order valence-corrected chi connectivity index (χ3v) is 4.79. The van der Waals surface area contributed by atoms with Crippen molar-refractivity contribution in [2.75, 3.05) is 7.11 Å². The minimum Gasteiger partial charge on any atom is -0.496 e. The SMILES string of the molecule is COc1ccc(CCC(=O)N[C@H](c2ccccc2)c2n[nH]c(C)n2)cc1Br. The van der Waals surface area contributed by atoms with Crippen molar-refractivity contribution in [2.45, 2.75) is 25.8 Å². The van der Waals surface area contributed by atoms with Crippen LogP contribution in [0.3, 0.4) is 0 Å².